The van der Waals surface area contributed by atoms with E-state index in [0.29, 0.717) is 0 Å². The van der Waals surface area contributed by atoms with E-state index in [4.69, 9.17) is 38.0 Å². The van der Waals surface area contributed by atoms with E-state index in [1.807, 2.05) is 0 Å². The molecule has 346 valence electrons. The Labute approximate surface area is 350 Å². The summed E-state index contributed by atoms with van der Waals surface area (Å²) in [6, 6.07) is 0. The monoisotopic (exact) mass is 955 g/mol. The fraction of sp³-hybridized carbons (Fsp3) is 0.567. The molecule has 0 aliphatic carbocycles. The van der Waals surface area contributed by atoms with Gasteiger partial charge in [-0.1, -0.05) is 0 Å². The number of aryl methyl sites for hydroxylation is 2. The number of fused-ring (bicyclic) bond motifs is 1. The van der Waals surface area contributed by atoms with Crippen molar-refractivity contribution in [1.82, 2.24) is 38.6 Å². The maximum absolute atomic E-state index is 13.4. The van der Waals surface area contributed by atoms with Crippen LogP contribution in [0.25, 0.3) is 11.2 Å². The minimum absolute atomic E-state index is 0.0245. The molecule has 3 aliphatic rings. The molecule has 0 amide bonds. The van der Waals surface area contributed by atoms with E-state index < -0.39 is 140 Å². The van der Waals surface area contributed by atoms with Crippen molar-refractivity contribution in [1.29, 1.82) is 0 Å². The molecule has 2 unspecified atom stereocenters. The molecule has 4 aromatic rings. The van der Waals surface area contributed by atoms with Crippen molar-refractivity contribution in [3.8, 4) is 0 Å². The van der Waals surface area contributed by atoms with Gasteiger partial charge in [0.25, 0.3) is 11.1 Å². The topological polar surface area (TPSA) is 426 Å². The normalized spacial score (nSPS) is 29.6. The Kier molecular flexibility index (Phi) is 13.4. The van der Waals surface area contributed by atoms with E-state index in [2.05, 4.69) is 29.4 Å². The minimum Gasteiger partial charge on any atom is -0.387 e. The van der Waals surface area contributed by atoms with Crippen molar-refractivity contribution in [2.45, 2.75) is 88.1 Å². The van der Waals surface area contributed by atoms with Crippen LogP contribution in [0.5, 0.6) is 0 Å². The number of aromatic amines is 2. The Balaban J connectivity index is 1.05. The molecule has 0 radical (unpaired) electrons. The predicted octanol–water partition coefficient (Wildman–Crippen LogP) is -2.57. The summed E-state index contributed by atoms with van der Waals surface area (Å²) in [5.74, 6) is 0.0245. The molecular formula is C30H40N9O21P3. The second-order valence-electron chi connectivity index (χ2n) is 14.4. The maximum Gasteiger partial charge on any atom is 0.472 e. The molecule has 3 fully saturated rings. The number of aliphatic hydroxyl groups excluding tert-OH is 2. The molecule has 3 aliphatic heterocycles. The second-order valence-corrected chi connectivity index (χ2v) is 18.5. The van der Waals surface area contributed by atoms with E-state index in [-0.39, 0.29) is 28.1 Å². The van der Waals surface area contributed by atoms with E-state index >= 15 is 0 Å². The predicted molar refractivity (Wildman–Crippen MR) is 204 cm³/mol. The Hall–Kier alpha value is -4.16. The zero-order valence-corrected chi connectivity index (χ0v) is 35.2. The molecule has 7 heterocycles. The van der Waals surface area contributed by atoms with Crippen LogP contribution in [0.15, 0.2) is 44.2 Å². The van der Waals surface area contributed by atoms with Crippen LogP contribution in [0, 0.1) is 13.8 Å². The molecular weight excluding hydrogens is 915 g/mol. The summed E-state index contributed by atoms with van der Waals surface area (Å²) in [7, 11) is -15.7. The summed E-state index contributed by atoms with van der Waals surface area (Å²) in [6.07, 6.45) is -11.3. The van der Waals surface area contributed by atoms with Crippen LogP contribution in [0.3, 0.4) is 0 Å². The van der Waals surface area contributed by atoms with Crippen LogP contribution in [0.1, 0.15) is 42.7 Å². The van der Waals surface area contributed by atoms with Crippen LogP contribution in [0.2, 0.25) is 0 Å². The van der Waals surface area contributed by atoms with E-state index in [1.165, 1.54) is 24.7 Å². The van der Waals surface area contributed by atoms with Gasteiger partial charge in [0, 0.05) is 36.4 Å². The largest absolute Gasteiger partial charge is 0.472 e. The molecule has 4 aromatic heterocycles. The third kappa shape index (κ3) is 10.5. The molecule has 12 atom stereocenters. The number of hydrogen-bond acceptors (Lipinski definition) is 21. The number of aliphatic hydroxyl groups is 2. The molecule has 30 nitrogen and oxygen atoms in total. The van der Waals surface area contributed by atoms with Crippen LogP contribution >= 0.6 is 23.5 Å². The lowest BCUT2D eigenvalue weighted by atomic mass is 10.1. The van der Waals surface area contributed by atoms with Crippen molar-refractivity contribution in [3.05, 3.63) is 77.9 Å². The first-order valence-electron chi connectivity index (χ1n) is 18.4. The number of nitrogens with zero attached hydrogens (tertiary/aromatic N) is 6. The highest BCUT2D eigenvalue weighted by molar-refractivity contribution is 7.47. The second kappa shape index (κ2) is 18.0. The summed E-state index contributed by atoms with van der Waals surface area (Å²) in [5, 5.41) is 21.5. The van der Waals surface area contributed by atoms with Gasteiger partial charge in [0.05, 0.1) is 26.1 Å². The standard InChI is InChI=1S/C30H40N9O21P3/c1-12-5-37(29(44)35-26(12)42)19-3-14(16(56-19)7-53-61(46,47)48)59-62(49,50)54-8-17-15(4-20(57-17)38-6-13(2)27(43)36-30(38)45)60-63(51,52)55-9-18-22(40)23(41)28(58-18)39-11-34-21-24(31)32-10-33-25(21)39/h5-6,10-11,14-20,22-23,28,40-41H,3-4,7-9H2,1-2H3,(H,49,50)(H,51,52)(H2,31,32,33)(H,35,42,44)(H,36,43,45)(H2,46,47,48)/t14-,15-,16+,17+,18+,19+,20+,22+,23+,28+/m0/s1. The number of nitrogens with two attached hydrogens (primary N) is 1. The van der Waals surface area contributed by atoms with Gasteiger partial charge in [-0.25, -0.2) is 38.2 Å². The first kappa shape index (κ1) is 46.8. The van der Waals surface area contributed by atoms with Gasteiger partial charge >= 0.3 is 34.8 Å². The summed E-state index contributed by atoms with van der Waals surface area (Å²) in [4.78, 5) is 106. The highest BCUT2D eigenvalue weighted by Crippen LogP contribution is 2.52. The van der Waals surface area contributed by atoms with Crippen LogP contribution in [0.4, 0.5) is 5.82 Å². The molecule has 0 aromatic carbocycles. The Bertz CT molecular complexity index is 2740. The third-order valence-corrected chi connectivity index (χ3v) is 12.5. The average molecular weight is 956 g/mol. The zero-order valence-electron chi connectivity index (χ0n) is 32.5. The number of rotatable bonds is 16. The quantitative estimate of drug-likeness (QED) is 0.0521. The maximum atomic E-state index is 13.4. The highest BCUT2D eigenvalue weighted by atomic mass is 31.2. The van der Waals surface area contributed by atoms with Gasteiger partial charge in [-0.2, -0.15) is 0 Å². The molecule has 10 N–H and O–H groups in total. The van der Waals surface area contributed by atoms with Gasteiger partial charge in [0.2, 0.25) is 0 Å². The number of nitrogens with one attached hydrogen (secondary N) is 2. The summed E-state index contributed by atoms with van der Waals surface area (Å²) in [5.41, 5.74) is 2.92. The van der Waals surface area contributed by atoms with Gasteiger partial charge in [0.1, 0.15) is 67.0 Å². The summed E-state index contributed by atoms with van der Waals surface area (Å²) < 4.78 is 84.1. The zero-order chi connectivity index (χ0) is 45.8. The molecule has 7 rings (SSSR count). The number of imidazole rings is 1. The Morgan fingerprint density at radius 2 is 1.21 bits per heavy atom. The van der Waals surface area contributed by atoms with Crippen molar-refractivity contribution >= 4 is 40.4 Å². The van der Waals surface area contributed by atoms with Gasteiger partial charge < -0.3 is 49.7 Å². The van der Waals surface area contributed by atoms with Crippen molar-refractivity contribution in [2.24, 2.45) is 0 Å². The van der Waals surface area contributed by atoms with Crippen LogP contribution < -0.4 is 28.2 Å². The number of nitrogen functional groups attached to an aromatic ring is 1. The Morgan fingerprint density at radius 3 is 1.71 bits per heavy atom. The average Bonchev–Trinajstić information content (AvgIpc) is 3.97. The third-order valence-electron chi connectivity index (χ3n) is 10.0. The smallest absolute Gasteiger partial charge is 0.387 e. The first-order valence-corrected chi connectivity index (χ1v) is 22.9. The van der Waals surface area contributed by atoms with Crippen molar-refractivity contribution < 1.29 is 80.3 Å². The number of H-pyrrole nitrogens is 2. The number of hydrogen-bond donors (Lipinski definition) is 9. The number of aromatic nitrogens is 8. The van der Waals surface area contributed by atoms with Gasteiger partial charge in [-0.3, -0.25) is 55.9 Å². The first-order chi connectivity index (χ1) is 29.5. The van der Waals surface area contributed by atoms with Crippen LogP contribution in [-0.4, -0.2) is 131 Å². The SMILES string of the molecule is Cc1cn([C@H]2C[C@H](OP(=O)(O)OC[C@H]3O[C@@H](n4cc(C)c(=O)[nH]c4=O)C[C@@H]3OP(=O)(O)OC[C@H]3O[C@@H](n4cnc5c(N)ncnc54)[C@H](O)[C@@H]3O)[C@@H](COP(=O)(O)O)O2)c(=O)[nH]c1=O. The minimum atomic E-state index is -5.30. The number of phosphoric ester groups is 3. The fourth-order valence-electron chi connectivity index (χ4n) is 6.93. The van der Waals surface area contributed by atoms with Gasteiger partial charge in [0.15, 0.2) is 17.7 Å². The lowest BCUT2D eigenvalue weighted by Gasteiger charge is -2.24. The molecule has 0 saturated carbocycles. The number of phosphoric acid groups is 3. The van der Waals surface area contributed by atoms with Crippen molar-refractivity contribution in [3.63, 3.8) is 0 Å². The van der Waals surface area contributed by atoms with E-state index in [1.54, 1.807) is 0 Å². The van der Waals surface area contributed by atoms with E-state index in [9.17, 15) is 62.7 Å². The van der Waals surface area contributed by atoms with Crippen molar-refractivity contribution in [2.75, 3.05) is 25.6 Å². The molecule has 0 bridgehead atoms. The van der Waals surface area contributed by atoms with Gasteiger partial charge in [-0.15, -0.1) is 0 Å². The van der Waals surface area contributed by atoms with E-state index in [0.717, 1.165) is 27.9 Å². The lowest BCUT2D eigenvalue weighted by molar-refractivity contribution is -0.0624. The highest BCUT2D eigenvalue weighted by Gasteiger charge is 2.48. The Morgan fingerprint density at radius 1 is 0.714 bits per heavy atom. The summed E-state index contributed by atoms with van der Waals surface area (Å²) in [6.45, 7) is -0.00520. The molecule has 0 spiro atoms. The molecule has 63 heavy (non-hydrogen) atoms. The number of anilines is 1. The summed E-state index contributed by atoms with van der Waals surface area (Å²) >= 11 is 0. The lowest BCUT2D eigenvalue weighted by Crippen LogP contribution is -2.34. The van der Waals surface area contributed by atoms with Gasteiger partial charge in [-0.05, 0) is 13.8 Å². The fourth-order valence-corrected chi connectivity index (χ4v) is 9.19. The van der Waals surface area contributed by atoms with Crippen LogP contribution in [-0.2, 0) is 50.5 Å². The number of ether oxygens (including phenoxy) is 3. The molecule has 3 saturated heterocycles. The molecule has 33 heteroatoms.